The van der Waals surface area contributed by atoms with E-state index in [-0.39, 0.29) is 5.41 Å². The van der Waals surface area contributed by atoms with Gasteiger partial charge in [-0.25, -0.2) is 0 Å². The van der Waals surface area contributed by atoms with Gasteiger partial charge in [-0.15, -0.1) is 11.3 Å². The number of halogens is 1. The van der Waals surface area contributed by atoms with Crippen molar-refractivity contribution in [3.8, 4) is 0 Å². The summed E-state index contributed by atoms with van der Waals surface area (Å²) in [5.41, 5.74) is 3.63. The van der Waals surface area contributed by atoms with Gasteiger partial charge in [-0.2, -0.15) is 0 Å². The van der Waals surface area contributed by atoms with Crippen LogP contribution in [0.4, 0.5) is 0 Å². The second-order valence-corrected chi connectivity index (χ2v) is 8.27. The molecule has 1 heterocycles. The SMILES string of the molecule is CCC(C)(C)c1ccc(C(O)c2cc(C)c(Br)s2)cc1. The van der Waals surface area contributed by atoms with Crippen molar-refractivity contribution < 1.29 is 5.11 Å². The Bertz CT molecular complexity index is 564. The van der Waals surface area contributed by atoms with Gasteiger partial charge >= 0.3 is 0 Å². The molecule has 0 aliphatic carbocycles. The summed E-state index contributed by atoms with van der Waals surface area (Å²) < 4.78 is 1.09. The molecular weight excluding hydrogens is 332 g/mol. The Morgan fingerprint density at radius 1 is 1.25 bits per heavy atom. The molecular formula is C17H21BrOS. The normalized spacial score (nSPS) is 13.5. The molecule has 108 valence electrons. The lowest BCUT2D eigenvalue weighted by Crippen LogP contribution is -2.15. The highest BCUT2D eigenvalue weighted by atomic mass is 79.9. The number of hydrogen-bond donors (Lipinski definition) is 1. The lowest BCUT2D eigenvalue weighted by Gasteiger charge is -2.23. The molecule has 0 amide bonds. The van der Waals surface area contributed by atoms with Crippen molar-refractivity contribution in [2.75, 3.05) is 0 Å². The molecule has 1 nitrogen and oxygen atoms in total. The quantitative estimate of drug-likeness (QED) is 0.760. The molecule has 1 atom stereocenters. The molecule has 0 bridgehead atoms. The first-order chi connectivity index (χ1) is 9.35. The smallest absolute Gasteiger partial charge is 0.113 e. The van der Waals surface area contributed by atoms with E-state index in [1.165, 1.54) is 11.1 Å². The summed E-state index contributed by atoms with van der Waals surface area (Å²) >= 11 is 5.11. The minimum atomic E-state index is -0.538. The fraction of sp³-hybridized carbons (Fsp3) is 0.412. The summed E-state index contributed by atoms with van der Waals surface area (Å²) in [6.45, 7) is 8.74. The third-order valence-electron chi connectivity index (χ3n) is 4.04. The molecule has 0 fully saturated rings. The highest BCUT2D eigenvalue weighted by Crippen LogP contribution is 2.35. The van der Waals surface area contributed by atoms with Crippen molar-refractivity contribution in [1.82, 2.24) is 0 Å². The molecule has 1 N–H and O–H groups in total. The van der Waals surface area contributed by atoms with E-state index >= 15 is 0 Å². The molecule has 1 aromatic carbocycles. The maximum atomic E-state index is 10.5. The van der Waals surface area contributed by atoms with Crippen molar-refractivity contribution in [2.24, 2.45) is 0 Å². The zero-order valence-corrected chi connectivity index (χ0v) is 14.8. The van der Waals surface area contributed by atoms with Crippen molar-refractivity contribution >= 4 is 27.3 Å². The first-order valence-electron chi connectivity index (χ1n) is 6.89. The first kappa shape index (κ1) is 15.7. The average Bonchev–Trinajstić information content (AvgIpc) is 2.78. The maximum Gasteiger partial charge on any atom is 0.113 e. The van der Waals surface area contributed by atoms with E-state index in [0.29, 0.717) is 0 Å². The Morgan fingerprint density at radius 2 is 1.85 bits per heavy atom. The highest BCUT2D eigenvalue weighted by Gasteiger charge is 2.19. The van der Waals surface area contributed by atoms with Gasteiger partial charge in [0.1, 0.15) is 6.10 Å². The van der Waals surface area contributed by atoms with Gasteiger partial charge < -0.3 is 5.11 Å². The molecule has 3 heteroatoms. The maximum absolute atomic E-state index is 10.5. The molecule has 0 spiro atoms. The van der Waals surface area contributed by atoms with Gasteiger partial charge in [-0.05, 0) is 57.4 Å². The highest BCUT2D eigenvalue weighted by molar-refractivity contribution is 9.11. The van der Waals surface area contributed by atoms with Gasteiger partial charge in [0.05, 0.1) is 3.79 Å². The van der Waals surface area contributed by atoms with Gasteiger partial charge in [0.15, 0.2) is 0 Å². The Hall–Kier alpha value is -0.640. The van der Waals surface area contributed by atoms with Crippen LogP contribution < -0.4 is 0 Å². The van der Waals surface area contributed by atoms with E-state index in [4.69, 9.17) is 0 Å². The minimum absolute atomic E-state index is 0.187. The zero-order chi connectivity index (χ0) is 14.9. The Balaban J connectivity index is 2.26. The Labute approximate surface area is 133 Å². The average molecular weight is 353 g/mol. The van der Waals surface area contributed by atoms with Crippen LogP contribution >= 0.6 is 27.3 Å². The third kappa shape index (κ3) is 3.16. The lowest BCUT2D eigenvalue weighted by molar-refractivity contribution is 0.224. The predicted molar refractivity (Wildman–Crippen MR) is 90.6 cm³/mol. The molecule has 0 aliphatic heterocycles. The summed E-state index contributed by atoms with van der Waals surface area (Å²) in [5, 5.41) is 10.5. The third-order valence-corrected chi connectivity index (χ3v) is 6.23. The molecule has 1 aromatic heterocycles. The van der Waals surface area contributed by atoms with Crippen LogP contribution in [0.3, 0.4) is 0 Å². The largest absolute Gasteiger partial charge is 0.383 e. The van der Waals surface area contributed by atoms with Crippen molar-refractivity contribution in [3.63, 3.8) is 0 Å². The predicted octanol–water partition coefficient (Wildman–Crippen LogP) is 5.59. The van der Waals surface area contributed by atoms with E-state index in [1.807, 2.05) is 25.1 Å². The minimum Gasteiger partial charge on any atom is -0.383 e. The van der Waals surface area contributed by atoms with Gasteiger partial charge in [0.25, 0.3) is 0 Å². The second kappa shape index (κ2) is 6.00. The molecule has 1 unspecified atom stereocenters. The molecule has 2 aromatic rings. The molecule has 0 saturated heterocycles. The number of hydrogen-bond acceptors (Lipinski definition) is 2. The van der Waals surface area contributed by atoms with E-state index in [9.17, 15) is 5.11 Å². The van der Waals surface area contributed by atoms with Crippen LogP contribution in [0.25, 0.3) is 0 Å². The fourth-order valence-electron chi connectivity index (χ4n) is 2.10. The first-order valence-corrected chi connectivity index (χ1v) is 8.50. The summed E-state index contributed by atoms with van der Waals surface area (Å²) in [7, 11) is 0. The number of aryl methyl sites for hydroxylation is 1. The number of aliphatic hydroxyl groups excluding tert-OH is 1. The number of aliphatic hydroxyl groups is 1. The van der Waals surface area contributed by atoms with Crippen molar-refractivity contribution in [1.29, 1.82) is 0 Å². The summed E-state index contributed by atoms with van der Waals surface area (Å²) in [5.74, 6) is 0. The lowest BCUT2D eigenvalue weighted by atomic mass is 9.82. The van der Waals surface area contributed by atoms with Crippen LogP contribution in [0, 0.1) is 6.92 Å². The molecule has 0 radical (unpaired) electrons. The van der Waals surface area contributed by atoms with E-state index in [1.54, 1.807) is 11.3 Å². The molecule has 0 saturated carbocycles. The van der Waals surface area contributed by atoms with Crippen molar-refractivity contribution in [2.45, 2.75) is 45.6 Å². The standard InChI is InChI=1S/C17H21BrOS/c1-5-17(3,4)13-8-6-12(7-9-13)15(19)14-10-11(2)16(18)20-14/h6-10,15,19H,5H2,1-4H3. The van der Waals surface area contributed by atoms with Crippen LogP contribution in [0.2, 0.25) is 0 Å². The van der Waals surface area contributed by atoms with E-state index in [2.05, 4.69) is 48.8 Å². The van der Waals surface area contributed by atoms with Crippen LogP contribution in [0.1, 0.15) is 54.9 Å². The Kier molecular flexibility index (Phi) is 4.73. The second-order valence-electron chi connectivity index (χ2n) is 5.87. The zero-order valence-electron chi connectivity index (χ0n) is 12.4. The van der Waals surface area contributed by atoms with Gasteiger partial charge in [-0.1, -0.05) is 45.0 Å². The summed E-state index contributed by atoms with van der Waals surface area (Å²) in [6.07, 6.45) is 0.565. The number of rotatable bonds is 4. The molecule has 20 heavy (non-hydrogen) atoms. The summed E-state index contributed by atoms with van der Waals surface area (Å²) in [6, 6.07) is 10.4. The van der Waals surface area contributed by atoms with Gasteiger partial charge in [0.2, 0.25) is 0 Å². The van der Waals surface area contributed by atoms with E-state index in [0.717, 1.165) is 20.6 Å². The Morgan fingerprint density at radius 3 is 2.30 bits per heavy atom. The van der Waals surface area contributed by atoms with Crippen LogP contribution in [-0.2, 0) is 5.41 Å². The topological polar surface area (TPSA) is 20.2 Å². The summed E-state index contributed by atoms with van der Waals surface area (Å²) in [4.78, 5) is 0.983. The van der Waals surface area contributed by atoms with Gasteiger partial charge in [0, 0.05) is 4.88 Å². The van der Waals surface area contributed by atoms with Gasteiger partial charge in [-0.3, -0.25) is 0 Å². The fourth-order valence-corrected chi connectivity index (χ4v) is 3.69. The number of benzene rings is 1. The van der Waals surface area contributed by atoms with Crippen LogP contribution in [0.5, 0.6) is 0 Å². The molecule has 2 rings (SSSR count). The van der Waals surface area contributed by atoms with Crippen LogP contribution in [-0.4, -0.2) is 5.11 Å². The monoisotopic (exact) mass is 352 g/mol. The number of thiophene rings is 1. The van der Waals surface area contributed by atoms with E-state index < -0.39 is 6.10 Å². The van der Waals surface area contributed by atoms with Crippen molar-refractivity contribution in [3.05, 3.63) is 55.7 Å². The molecule has 0 aliphatic rings. The van der Waals surface area contributed by atoms with Crippen LogP contribution in [0.15, 0.2) is 34.1 Å².